The molecule has 0 atom stereocenters. The van der Waals surface area contributed by atoms with E-state index in [1.165, 1.54) is 30.3 Å². The molecule has 2 aromatic rings. The Morgan fingerprint density at radius 2 is 1.79 bits per heavy atom. The van der Waals surface area contributed by atoms with Crippen LogP contribution < -0.4 is 0 Å². The van der Waals surface area contributed by atoms with Crippen molar-refractivity contribution < 1.29 is 13.2 Å². The van der Waals surface area contributed by atoms with Crippen molar-refractivity contribution in [3.05, 3.63) is 58.6 Å². The van der Waals surface area contributed by atoms with E-state index in [0.29, 0.717) is 21.7 Å². The Hall–Kier alpha value is -1.99. The highest BCUT2D eigenvalue weighted by Gasteiger charge is 2.30. The minimum Gasteiger partial charge on any atom is -0.192 e. The highest BCUT2D eigenvalue weighted by atomic mass is 35.5. The van der Waals surface area contributed by atoms with E-state index in [2.05, 4.69) is 0 Å². The van der Waals surface area contributed by atoms with Crippen LogP contribution in [0.15, 0.2) is 42.5 Å². The zero-order valence-electron chi connectivity index (χ0n) is 9.50. The van der Waals surface area contributed by atoms with Crippen molar-refractivity contribution in [2.75, 3.05) is 0 Å². The molecule has 0 aliphatic rings. The van der Waals surface area contributed by atoms with Gasteiger partial charge in [-0.2, -0.15) is 18.4 Å². The van der Waals surface area contributed by atoms with Gasteiger partial charge in [0, 0.05) is 10.6 Å². The summed E-state index contributed by atoms with van der Waals surface area (Å²) in [5.41, 5.74) is 0.337. The number of halogens is 4. The van der Waals surface area contributed by atoms with E-state index in [1.54, 1.807) is 0 Å². The van der Waals surface area contributed by atoms with Crippen LogP contribution in [-0.4, -0.2) is 0 Å². The molecule has 0 spiro atoms. The Labute approximate surface area is 112 Å². The van der Waals surface area contributed by atoms with E-state index in [9.17, 15) is 13.2 Å². The molecule has 2 aromatic carbocycles. The average molecular weight is 282 g/mol. The quantitative estimate of drug-likeness (QED) is 0.729. The number of nitriles is 1. The van der Waals surface area contributed by atoms with Crippen LogP contribution in [-0.2, 0) is 6.18 Å². The molecule has 5 heteroatoms. The van der Waals surface area contributed by atoms with Gasteiger partial charge in [0.1, 0.15) is 0 Å². The van der Waals surface area contributed by atoms with Gasteiger partial charge < -0.3 is 0 Å². The summed E-state index contributed by atoms with van der Waals surface area (Å²) in [6.07, 6.45) is -4.41. The fraction of sp³-hybridized carbons (Fsp3) is 0.0714. The van der Waals surface area contributed by atoms with E-state index >= 15 is 0 Å². The topological polar surface area (TPSA) is 23.8 Å². The van der Waals surface area contributed by atoms with E-state index in [-0.39, 0.29) is 0 Å². The third-order valence-electron chi connectivity index (χ3n) is 2.60. The summed E-state index contributed by atoms with van der Waals surface area (Å²) in [5.74, 6) is 0. The molecular formula is C14H7ClF3N. The minimum atomic E-state index is -4.41. The first kappa shape index (κ1) is 13.4. The van der Waals surface area contributed by atoms with Gasteiger partial charge in [-0.1, -0.05) is 23.7 Å². The molecule has 96 valence electrons. The predicted molar refractivity (Wildman–Crippen MR) is 66.6 cm³/mol. The van der Waals surface area contributed by atoms with Crippen molar-refractivity contribution in [3.63, 3.8) is 0 Å². The third kappa shape index (κ3) is 2.88. The first-order chi connectivity index (χ1) is 8.91. The molecule has 0 unspecified atom stereocenters. The molecule has 0 aliphatic carbocycles. The lowest BCUT2D eigenvalue weighted by molar-refractivity contribution is -0.137. The van der Waals surface area contributed by atoms with E-state index in [0.717, 1.165) is 12.1 Å². The van der Waals surface area contributed by atoms with E-state index in [4.69, 9.17) is 16.9 Å². The van der Waals surface area contributed by atoms with Gasteiger partial charge in [-0.3, -0.25) is 0 Å². The highest BCUT2D eigenvalue weighted by molar-refractivity contribution is 6.33. The van der Waals surface area contributed by atoms with Crippen LogP contribution >= 0.6 is 11.6 Å². The molecular weight excluding hydrogens is 275 g/mol. The Morgan fingerprint density at radius 1 is 1.05 bits per heavy atom. The Bertz CT molecular complexity index is 656. The van der Waals surface area contributed by atoms with Gasteiger partial charge in [-0.25, -0.2) is 0 Å². The Kier molecular flexibility index (Phi) is 3.50. The molecule has 0 N–H and O–H groups in total. The number of rotatable bonds is 1. The second kappa shape index (κ2) is 4.94. The molecule has 0 aromatic heterocycles. The fourth-order valence-electron chi connectivity index (χ4n) is 1.68. The van der Waals surface area contributed by atoms with Gasteiger partial charge in [0.15, 0.2) is 0 Å². The van der Waals surface area contributed by atoms with Crippen molar-refractivity contribution in [2.45, 2.75) is 6.18 Å². The van der Waals surface area contributed by atoms with Crippen LogP contribution in [0, 0.1) is 11.3 Å². The van der Waals surface area contributed by atoms with Crippen LogP contribution in [0.1, 0.15) is 11.1 Å². The van der Waals surface area contributed by atoms with Crippen LogP contribution in [0.3, 0.4) is 0 Å². The maximum Gasteiger partial charge on any atom is 0.416 e. The lowest BCUT2D eigenvalue weighted by Crippen LogP contribution is -2.04. The molecule has 0 bridgehead atoms. The number of hydrogen-bond acceptors (Lipinski definition) is 1. The van der Waals surface area contributed by atoms with Crippen LogP contribution in [0.4, 0.5) is 13.2 Å². The summed E-state index contributed by atoms with van der Waals surface area (Å²) in [5, 5.41) is 9.11. The van der Waals surface area contributed by atoms with Gasteiger partial charge in [0.2, 0.25) is 0 Å². The van der Waals surface area contributed by atoms with Crippen LogP contribution in [0.25, 0.3) is 11.1 Å². The minimum absolute atomic E-state index is 0.304. The van der Waals surface area contributed by atoms with Gasteiger partial charge >= 0.3 is 6.18 Å². The number of nitrogens with zero attached hydrogens (tertiary/aromatic N) is 1. The first-order valence-corrected chi connectivity index (χ1v) is 5.67. The summed E-state index contributed by atoms with van der Waals surface area (Å²) < 4.78 is 37.9. The van der Waals surface area contributed by atoms with Crippen molar-refractivity contribution in [2.24, 2.45) is 0 Å². The molecule has 0 heterocycles. The van der Waals surface area contributed by atoms with Crippen molar-refractivity contribution >= 4 is 11.6 Å². The monoisotopic (exact) mass is 281 g/mol. The fourth-order valence-corrected chi connectivity index (χ4v) is 1.91. The third-order valence-corrected chi connectivity index (χ3v) is 2.93. The molecule has 0 aliphatic heterocycles. The summed E-state index contributed by atoms with van der Waals surface area (Å²) in [6.45, 7) is 0. The zero-order chi connectivity index (χ0) is 14.0. The number of alkyl halides is 3. The van der Waals surface area contributed by atoms with Crippen LogP contribution in [0.5, 0.6) is 0 Å². The van der Waals surface area contributed by atoms with Gasteiger partial charge in [0.25, 0.3) is 0 Å². The molecule has 0 amide bonds. The standard InChI is InChI=1S/C14H7ClF3N/c15-13-5-4-9(8-19)6-12(13)10-2-1-3-11(7-10)14(16,17)18/h1-7H. The smallest absolute Gasteiger partial charge is 0.192 e. The van der Waals surface area contributed by atoms with Gasteiger partial charge in [-0.15, -0.1) is 0 Å². The zero-order valence-corrected chi connectivity index (χ0v) is 10.3. The normalized spacial score (nSPS) is 11.1. The SMILES string of the molecule is N#Cc1ccc(Cl)c(-c2cccc(C(F)(F)F)c2)c1. The number of hydrogen-bond donors (Lipinski definition) is 0. The molecule has 0 radical (unpaired) electrons. The highest BCUT2D eigenvalue weighted by Crippen LogP contribution is 2.34. The molecule has 0 saturated heterocycles. The molecule has 2 rings (SSSR count). The number of benzene rings is 2. The van der Waals surface area contributed by atoms with E-state index in [1.807, 2.05) is 6.07 Å². The molecule has 19 heavy (non-hydrogen) atoms. The molecule has 0 fully saturated rings. The first-order valence-electron chi connectivity index (χ1n) is 5.29. The second-order valence-corrected chi connectivity index (χ2v) is 4.29. The lowest BCUT2D eigenvalue weighted by Gasteiger charge is -2.10. The van der Waals surface area contributed by atoms with Crippen molar-refractivity contribution in [1.82, 2.24) is 0 Å². The van der Waals surface area contributed by atoms with Gasteiger partial charge in [-0.05, 0) is 35.9 Å². The van der Waals surface area contributed by atoms with Gasteiger partial charge in [0.05, 0.1) is 17.2 Å². The van der Waals surface area contributed by atoms with Crippen molar-refractivity contribution in [3.8, 4) is 17.2 Å². The second-order valence-electron chi connectivity index (χ2n) is 3.88. The predicted octanol–water partition coefficient (Wildman–Crippen LogP) is 4.90. The lowest BCUT2D eigenvalue weighted by atomic mass is 10.0. The summed E-state index contributed by atoms with van der Waals surface area (Å²) in [7, 11) is 0. The summed E-state index contributed by atoms with van der Waals surface area (Å²) in [6, 6.07) is 11.3. The summed E-state index contributed by atoms with van der Waals surface area (Å²) in [4.78, 5) is 0. The Morgan fingerprint density at radius 3 is 2.42 bits per heavy atom. The Balaban J connectivity index is 2.57. The van der Waals surface area contributed by atoms with Crippen molar-refractivity contribution in [1.29, 1.82) is 5.26 Å². The maximum atomic E-state index is 12.6. The van der Waals surface area contributed by atoms with E-state index < -0.39 is 11.7 Å². The van der Waals surface area contributed by atoms with Crippen LogP contribution in [0.2, 0.25) is 5.02 Å². The molecule has 1 nitrogen and oxygen atoms in total. The molecule has 0 saturated carbocycles. The average Bonchev–Trinajstić information content (AvgIpc) is 2.38. The summed E-state index contributed by atoms with van der Waals surface area (Å²) >= 11 is 5.96. The maximum absolute atomic E-state index is 12.6. The largest absolute Gasteiger partial charge is 0.416 e.